The van der Waals surface area contributed by atoms with Crippen molar-refractivity contribution in [3.63, 3.8) is 0 Å². The summed E-state index contributed by atoms with van der Waals surface area (Å²) in [4.78, 5) is 4.36. The Bertz CT molecular complexity index is 384. The van der Waals surface area contributed by atoms with Gasteiger partial charge in [-0.15, -0.1) is 11.3 Å². The van der Waals surface area contributed by atoms with E-state index in [1.807, 2.05) is 19.1 Å². The van der Waals surface area contributed by atoms with Crippen molar-refractivity contribution in [2.45, 2.75) is 17.0 Å². The first-order valence-corrected chi connectivity index (χ1v) is 6.69. The van der Waals surface area contributed by atoms with E-state index in [0.717, 1.165) is 26.2 Å². The Morgan fingerprint density at radius 1 is 1.57 bits per heavy atom. The van der Waals surface area contributed by atoms with E-state index in [2.05, 4.69) is 26.3 Å². The molecule has 0 aliphatic carbocycles. The third-order valence-electron chi connectivity index (χ3n) is 1.56. The molecule has 0 aliphatic heterocycles. The smallest absolute Gasteiger partial charge is 0.169 e. The number of aromatic nitrogens is 1. The van der Waals surface area contributed by atoms with Crippen LogP contribution < -0.4 is 0 Å². The lowest BCUT2D eigenvalue weighted by atomic mass is 10.5. The molecule has 2 nitrogen and oxygen atoms in total. The lowest BCUT2D eigenvalue weighted by Gasteiger charge is -1.92. The molecule has 0 unspecified atom stereocenters. The fourth-order valence-electron chi connectivity index (χ4n) is 0.961. The van der Waals surface area contributed by atoms with Crippen molar-refractivity contribution in [2.75, 3.05) is 0 Å². The van der Waals surface area contributed by atoms with Gasteiger partial charge in [0.2, 0.25) is 0 Å². The molecule has 14 heavy (non-hydrogen) atoms. The van der Waals surface area contributed by atoms with Gasteiger partial charge in [0.05, 0.1) is 5.75 Å². The third kappa shape index (κ3) is 2.62. The first-order valence-electron chi connectivity index (χ1n) is 4.03. The van der Waals surface area contributed by atoms with Crippen molar-refractivity contribution in [1.82, 2.24) is 4.98 Å². The molecule has 2 heterocycles. The number of nitrogens with zero attached hydrogens (tertiary/aromatic N) is 1. The highest BCUT2D eigenvalue weighted by molar-refractivity contribution is 9.10. The van der Waals surface area contributed by atoms with Crippen molar-refractivity contribution in [3.05, 3.63) is 33.6 Å². The zero-order chi connectivity index (χ0) is 9.97. The molecular weight excluding hydrogens is 282 g/mol. The van der Waals surface area contributed by atoms with E-state index in [9.17, 15) is 0 Å². The molecule has 5 heteroatoms. The largest absolute Gasteiger partial charge is 0.453 e. The predicted molar refractivity (Wildman–Crippen MR) is 62.8 cm³/mol. The van der Waals surface area contributed by atoms with E-state index in [-0.39, 0.29) is 0 Å². The summed E-state index contributed by atoms with van der Waals surface area (Å²) in [7, 11) is 0. The number of furan rings is 1. The van der Waals surface area contributed by atoms with Crippen LogP contribution >= 0.6 is 39.0 Å². The number of aryl methyl sites for hydroxylation is 1. The first-order chi connectivity index (χ1) is 6.74. The van der Waals surface area contributed by atoms with Gasteiger partial charge < -0.3 is 4.42 Å². The van der Waals surface area contributed by atoms with Gasteiger partial charge in [-0.3, -0.25) is 0 Å². The second kappa shape index (κ2) is 4.51. The normalized spacial score (nSPS) is 10.7. The Kier molecular flexibility index (Phi) is 3.30. The number of hydrogen-bond donors (Lipinski definition) is 0. The molecule has 2 aromatic rings. The molecule has 0 saturated carbocycles. The minimum atomic E-state index is 0.781. The van der Waals surface area contributed by atoms with Crippen LogP contribution in [0.1, 0.15) is 11.5 Å². The van der Waals surface area contributed by atoms with Gasteiger partial charge in [0.1, 0.15) is 5.76 Å². The van der Waals surface area contributed by atoms with Crippen LogP contribution in [0.25, 0.3) is 0 Å². The summed E-state index contributed by atoms with van der Waals surface area (Å²) < 4.78 is 7.26. The average Bonchev–Trinajstić information content (AvgIpc) is 2.72. The molecule has 0 N–H and O–H groups in total. The SMILES string of the molecule is Cc1csc(SCc2ccc(Br)o2)n1. The van der Waals surface area contributed by atoms with E-state index in [0.29, 0.717) is 0 Å². The van der Waals surface area contributed by atoms with Gasteiger partial charge in [0.15, 0.2) is 9.01 Å². The van der Waals surface area contributed by atoms with Crippen LogP contribution in [0.2, 0.25) is 0 Å². The average molecular weight is 290 g/mol. The maximum absolute atomic E-state index is 5.38. The van der Waals surface area contributed by atoms with Crippen LogP contribution in [0.3, 0.4) is 0 Å². The van der Waals surface area contributed by atoms with Gasteiger partial charge in [-0.25, -0.2) is 4.98 Å². The van der Waals surface area contributed by atoms with E-state index in [1.54, 1.807) is 23.1 Å². The van der Waals surface area contributed by atoms with Crippen molar-refractivity contribution in [3.8, 4) is 0 Å². The van der Waals surface area contributed by atoms with Crippen molar-refractivity contribution in [2.24, 2.45) is 0 Å². The quantitative estimate of drug-likeness (QED) is 0.796. The zero-order valence-corrected chi connectivity index (χ0v) is 10.7. The van der Waals surface area contributed by atoms with Gasteiger partial charge in [-0.2, -0.15) is 0 Å². The number of halogens is 1. The molecule has 2 aromatic heterocycles. The Labute approximate surface area is 98.9 Å². The molecule has 0 aliphatic rings. The molecule has 0 atom stereocenters. The Morgan fingerprint density at radius 3 is 3.00 bits per heavy atom. The molecule has 0 aromatic carbocycles. The summed E-state index contributed by atoms with van der Waals surface area (Å²) in [5.41, 5.74) is 1.08. The van der Waals surface area contributed by atoms with Crippen LogP contribution in [0.4, 0.5) is 0 Å². The van der Waals surface area contributed by atoms with Crippen LogP contribution in [0, 0.1) is 6.92 Å². The Balaban J connectivity index is 1.94. The number of rotatable bonds is 3. The highest BCUT2D eigenvalue weighted by Crippen LogP contribution is 2.27. The van der Waals surface area contributed by atoms with Crippen LogP contribution in [0.5, 0.6) is 0 Å². The summed E-state index contributed by atoms with van der Waals surface area (Å²) in [6, 6.07) is 3.88. The molecule has 0 bridgehead atoms. The highest BCUT2D eigenvalue weighted by Gasteiger charge is 2.03. The van der Waals surface area contributed by atoms with Crippen molar-refractivity contribution >= 4 is 39.0 Å². The third-order valence-corrected chi connectivity index (χ3v) is 4.15. The van der Waals surface area contributed by atoms with E-state index >= 15 is 0 Å². The van der Waals surface area contributed by atoms with Gasteiger partial charge in [0.25, 0.3) is 0 Å². The topological polar surface area (TPSA) is 26.0 Å². The summed E-state index contributed by atoms with van der Waals surface area (Å²) in [6.45, 7) is 2.00. The second-order valence-electron chi connectivity index (χ2n) is 2.75. The fourth-order valence-corrected chi connectivity index (χ4v) is 3.04. The first kappa shape index (κ1) is 10.3. The molecule has 2 rings (SSSR count). The highest BCUT2D eigenvalue weighted by atomic mass is 79.9. The monoisotopic (exact) mass is 289 g/mol. The van der Waals surface area contributed by atoms with Gasteiger partial charge >= 0.3 is 0 Å². The summed E-state index contributed by atoms with van der Waals surface area (Å²) >= 11 is 6.65. The molecule has 0 spiro atoms. The van der Waals surface area contributed by atoms with Crippen LogP contribution in [-0.4, -0.2) is 4.98 Å². The zero-order valence-electron chi connectivity index (χ0n) is 7.49. The Hall–Kier alpha value is -0.260. The van der Waals surface area contributed by atoms with Crippen LogP contribution in [-0.2, 0) is 5.75 Å². The van der Waals surface area contributed by atoms with Crippen molar-refractivity contribution in [1.29, 1.82) is 0 Å². The van der Waals surface area contributed by atoms with Crippen molar-refractivity contribution < 1.29 is 4.42 Å². The Morgan fingerprint density at radius 2 is 2.43 bits per heavy atom. The standard InChI is InChI=1S/C9H8BrNOS2/c1-6-4-13-9(11-6)14-5-7-2-3-8(10)12-7/h2-4H,5H2,1H3. The molecule has 0 fully saturated rings. The van der Waals surface area contributed by atoms with E-state index < -0.39 is 0 Å². The van der Waals surface area contributed by atoms with Gasteiger partial charge in [-0.05, 0) is 35.0 Å². The van der Waals surface area contributed by atoms with Crippen LogP contribution in [0.15, 0.2) is 30.9 Å². The number of thioether (sulfide) groups is 1. The predicted octanol–water partition coefficient (Wildman–Crippen LogP) is 4.10. The van der Waals surface area contributed by atoms with E-state index in [4.69, 9.17) is 4.42 Å². The second-order valence-corrected chi connectivity index (χ2v) is 5.61. The molecule has 0 saturated heterocycles. The molecule has 74 valence electrons. The van der Waals surface area contributed by atoms with Gasteiger partial charge in [0, 0.05) is 11.1 Å². The minimum Gasteiger partial charge on any atom is -0.453 e. The number of hydrogen-bond acceptors (Lipinski definition) is 4. The summed E-state index contributed by atoms with van der Waals surface area (Å²) in [5.74, 6) is 1.80. The summed E-state index contributed by atoms with van der Waals surface area (Å²) in [6.07, 6.45) is 0. The number of thiazole rings is 1. The van der Waals surface area contributed by atoms with E-state index in [1.165, 1.54) is 0 Å². The maximum atomic E-state index is 5.38. The lowest BCUT2D eigenvalue weighted by molar-refractivity contribution is 0.507. The fraction of sp³-hybridized carbons (Fsp3) is 0.222. The summed E-state index contributed by atoms with van der Waals surface area (Å²) in [5, 5.41) is 2.06. The lowest BCUT2D eigenvalue weighted by Crippen LogP contribution is -1.75. The molecule has 0 amide bonds. The molecular formula is C9H8BrNOS2. The minimum absolute atomic E-state index is 0.781. The van der Waals surface area contributed by atoms with Gasteiger partial charge in [-0.1, -0.05) is 11.8 Å². The maximum Gasteiger partial charge on any atom is 0.169 e. The molecule has 0 radical (unpaired) electrons.